The first-order valence-electron chi connectivity index (χ1n) is 5.81. The van der Waals surface area contributed by atoms with E-state index in [1.54, 1.807) is 19.1 Å². The molecule has 0 aliphatic rings. The van der Waals surface area contributed by atoms with E-state index in [9.17, 15) is 9.50 Å². The highest BCUT2D eigenvalue weighted by atomic mass is 79.9. The Morgan fingerprint density at radius 3 is 2.82 bits per heavy atom. The van der Waals surface area contributed by atoms with Crippen molar-refractivity contribution in [1.29, 1.82) is 0 Å². The smallest absolute Gasteiger partial charge is 0.127 e. The van der Waals surface area contributed by atoms with Crippen molar-refractivity contribution in [2.45, 2.75) is 38.8 Å². The van der Waals surface area contributed by atoms with Crippen molar-refractivity contribution in [3.63, 3.8) is 0 Å². The number of aliphatic hydroxyl groups is 1. The fourth-order valence-electron chi connectivity index (χ4n) is 1.77. The lowest BCUT2D eigenvalue weighted by molar-refractivity contribution is 0.0497. The van der Waals surface area contributed by atoms with Crippen LogP contribution < -0.4 is 5.32 Å². The van der Waals surface area contributed by atoms with Gasteiger partial charge in [0, 0.05) is 23.1 Å². The summed E-state index contributed by atoms with van der Waals surface area (Å²) in [6, 6.07) is 4.86. The number of benzene rings is 1. The van der Waals surface area contributed by atoms with Gasteiger partial charge in [0.05, 0.1) is 5.60 Å². The average Bonchev–Trinajstić information content (AvgIpc) is 2.23. The summed E-state index contributed by atoms with van der Waals surface area (Å²) in [5.74, 6) is -0.226. The number of nitrogens with one attached hydrogen (secondary N) is 1. The second-order valence-electron chi connectivity index (χ2n) is 4.59. The Balaban J connectivity index is 2.48. The fourth-order valence-corrected chi connectivity index (χ4v) is 2.18. The van der Waals surface area contributed by atoms with E-state index in [0.29, 0.717) is 18.7 Å². The molecule has 0 bridgehead atoms. The molecule has 1 unspecified atom stereocenters. The molecule has 0 amide bonds. The van der Waals surface area contributed by atoms with Crippen LogP contribution in [0, 0.1) is 5.82 Å². The van der Waals surface area contributed by atoms with Gasteiger partial charge >= 0.3 is 0 Å². The van der Waals surface area contributed by atoms with Crippen molar-refractivity contribution in [3.05, 3.63) is 34.1 Å². The predicted molar refractivity (Wildman–Crippen MR) is 71.3 cm³/mol. The van der Waals surface area contributed by atoms with Gasteiger partial charge in [0.1, 0.15) is 5.82 Å². The van der Waals surface area contributed by atoms with Gasteiger partial charge in [-0.15, -0.1) is 0 Å². The molecule has 0 saturated heterocycles. The molecule has 0 spiro atoms. The van der Waals surface area contributed by atoms with Crippen LogP contribution >= 0.6 is 15.9 Å². The molecule has 0 saturated carbocycles. The van der Waals surface area contributed by atoms with Crippen molar-refractivity contribution in [2.24, 2.45) is 0 Å². The molecule has 2 nitrogen and oxygen atoms in total. The zero-order valence-electron chi connectivity index (χ0n) is 10.3. The minimum atomic E-state index is -0.725. The Bertz CT molecular complexity index is 368. The summed E-state index contributed by atoms with van der Waals surface area (Å²) >= 11 is 3.31. The molecule has 4 heteroatoms. The number of hydrogen-bond acceptors (Lipinski definition) is 2. The van der Waals surface area contributed by atoms with E-state index >= 15 is 0 Å². The van der Waals surface area contributed by atoms with Gasteiger partial charge in [0.15, 0.2) is 0 Å². The van der Waals surface area contributed by atoms with Crippen LogP contribution in [0.3, 0.4) is 0 Å². The van der Waals surface area contributed by atoms with Crippen LogP contribution in [0.4, 0.5) is 4.39 Å². The molecule has 0 aliphatic carbocycles. The summed E-state index contributed by atoms with van der Waals surface area (Å²) in [4.78, 5) is 0. The molecule has 1 aromatic carbocycles. The molecule has 0 aliphatic heterocycles. The molecule has 1 atom stereocenters. The predicted octanol–water partition coefficient (Wildman–Crippen LogP) is 3.23. The van der Waals surface area contributed by atoms with Crippen LogP contribution in [0.2, 0.25) is 0 Å². The van der Waals surface area contributed by atoms with E-state index in [0.717, 1.165) is 17.3 Å². The summed E-state index contributed by atoms with van der Waals surface area (Å²) in [5, 5.41) is 13.0. The first-order valence-corrected chi connectivity index (χ1v) is 6.61. The van der Waals surface area contributed by atoms with Crippen molar-refractivity contribution in [3.8, 4) is 0 Å². The van der Waals surface area contributed by atoms with Gasteiger partial charge in [-0.1, -0.05) is 29.3 Å². The van der Waals surface area contributed by atoms with Crippen LogP contribution in [-0.2, 0) is 6.54 Å². The minimum Gasteiger partial charge on any atom is -0.389 e. The standard InChI is InChI=1S/C13H19BrFNO/c1-3-6-13(2,17)9-16-8-10-7-11(14)4-5-12(10)15/h4-5,7,16-17H,3,6,8-9H2,1-2H3. The largest absolute Gasteiger partial charge is 0.389 e. The number of rotatable bonds is 6. The highest BCUT2D eigenvalue weighted by Gasteiger charge is 2.18. The molecule has 0 aromatic heterocycles. The van der Waals surface area contributed by atoms with Gasteiger partial charge in [-0.05, 0) is 31.5 Å². The van der Waals surface area contributed by atoms with Crippen molar-refractivity contribution in [2.75, 3.05) is 6.54 Å². The lowest BCUT2D eigenvalue weighted by Gasteiger charge is -2.23. The van der Waals surface area contributed by atoms with Crippen molar-refractivity contribution >= 4 is 15.9 Å². The Labute approximate surface area is 110 Å². The number of hydrogen-bond donors (Lipinski definition) is 2. The molecule has 2 N–H and O–H groups in total. The third kappa shape index (κ3) is 5.15. The van der Waals surface area contributed by atoms with Crippen LogP contribution in [0.25, 0.3) is 0 Å². The second kappa shape index (κ2) is 6.47. The van der Waals surface area contributed by atoms with Crippen LogP contribution in [0.5, 0.6) is 0 Å². The highest BCUT2D eigenvalue weighted by molar-refractivity contribution is 9.10. The number of halogens is 2. The summed E-state index contributed by atoms with van der Waals surface area (Å²) in [6.07, 6.45) is 1.67. The van der Waals surface area contributed by atoms with Crippen LogP contribution in [-0.4, -0.2) is 17.3 Å². The summed E-state index contributed by atoms with van der Waals surface area (Å²) in [5.41, 5.74) is -0.122. The molecule has 17 heavy (non-hydrogen) atoms. The fraction of sp³-hybridized carbons (Fsp3) is 0.538. The van der Waals surface area contributed by atoms with Gasteiger partial charge in [-0.25, -0.2) is 4.39 Å². The van der Waals surface area contributed by atoms with Gasteiger partial charge in [0.25, 0.3) is 0 Å². The third-order valence-electron chi connectivity index (χ3n) is 2.62. The molecule has 1 aromatic rings. The monoisotopic (exact) mass is 303 g/mol. The second-order valence-corrected chi connectivity index (χ2v) is 5.50. The normalized spacial score (nSPS) is 14.6. The van der Waals surface area contributed by atoms with E-state index in [4.69, 9.17) is 0 Å². The van der Waals surface area contributed by atoms with E-state index in [2.05, 4.69) is 21.2 Å². The molecule has 96 valence electrons. The highest BCUT2D eigenvalue weighted by Crippen LogP contribution is 2.16. The van der Waals surface area contributed by atoms with Crippen LogP contribution in [0.1, 0.15) is 32.3 Å². The Hall–Kier alpha value is -0.450. The van der Waals surface area contributed by atoms with E-state index < -0.39 is 5.60 Å². The maximum atomic E-state index is 13.4. The molecule has 0 fully saturated rings. The van der Waals surface area contributed by atoms with E-state index in [1.165, 1.54) is 6.07 Å². The Morgan fingerprint density at radius 2 is 2.18 bits per heavy atom. The van der Waals surface area contributed by atoms with Gasteiger partial charge in [-0.3, -0.25) is 0 Å². The van der Waals surface area contributed by atoms with E-state index in [1.807, 2.05) is 6.92 Å². The van der Waals surface area contributed by atoms with Crippen molar-refractivity contribution in [1.82, 2.24) is 5.32 Å². The first kappa shape index (κ1) is 14.6. The molecule has 1 rings (SSSR count). The minimum absolute atomic E-state index is 0.226. The van der Waals surface area contributed by atoms with Crippen LogP contribution in [0.15, 0.2) is 22.7 Å². The van der Waals surface area contributed by atoms with Gasteiger partial charge in [-0.2, -0.15) is 0 Å². The van der Waals surface area contributed by atoms with Gasteiger partial charge in [0.2, 0.25) is 0 Å². The summed E-state index contributed by atoms with van der Waals surface area (Å²) in [7, 11) is 0. The third-order valence-corrected chi connectivity index (χ3v) is 3.11. The van der Waals surface area contributed by atoms with Crippen molar-refractivity contribution < 1.29 is 9.50 Å². The Morgan fingerprint density at radius 1 is 1.47 bits per heavy atom. The first-order chi connectivity index (χ1) is 7.94. The van der Waals surface area contributed by atoms with Gasteiger partial charge < -0.3 is 10.4 Å². The lowest BCUT2D eigenvalue weighted by Crippen LogP contribution is -2.37. The average molecular weight is 304 g/mol. The Kier molecular flexibility index (Phi) is 5.56. The zero-order chi connectivity index (χ0) is 12.9. The maximum absolute atomic E-state index is 13.4. The molecule has 0 radical (unpaired) electrons. The summed E-state index contributed by atoms with van der Waals surface area (Å²) < 4.78 is 14.3. The summed E-state index contributed by atoms with van der Waals surface area (Å²) in [6.45, 7) is 4.71. The topological polar surface area (TPSA) is 32.3 Å². The lowest BCUT2D eigenvalue weighted by atomic mass is 10.0. The molecular weight excluding hydrogens is 285 g/mol. The quantitative estimate of drug-likeness (QED) is 0.846. The molecule has 0 heterocycles. The SMILES string of the molecule is CCCC(C)(O)CNCc1cc(Br)ccc1F. The maximum Gasteiger partial charge on any atom is 0.127 e. The zero-order valence-corrected chi connectivity index (χ0v) is 11.8. The molecular formula is C13H19BrFNO. The van der Waals surface area contributed by atoms with E-state index in [-0.39, 0.29) is 5.82 Å².